The van der Waals surface area contributed by atoms with Crippen molar-refractivity contribution in [1.29, 1.82) is 0 Å². The van der Waals surface area contributed by atoms with Crippen molar-refractivity contribution < 1.29 is 40.2 Å². The second-order valence-corrected chi connectivity index (χ2v) is 2.64. The number of benzene rings is 1. The third-order valence-electron chi connectivity index (χ3n) is 1.41. The van der Waals surface area contributed by atoms with Crippen molar-refractivity contribution in [3.8, 4) is 11.5 Å². The Morgan fingerprint density at radius 2 is 1.53 bits per heavy atom. The van der Waals surface area contributed by atoms with E-state index in [0.717, 1.165) is 0 Å². The minimum absolute atomic E-state index is 0.0567. The molecule has 0 amide bonds. The molecule has 0 aromatic heterocycles. The minimum Gasteiger partial charge on any atom is -0.431 e. The summed E-state index contributed by atoms with van der Waals surface area (Å²) < 4.78 is 91.1. The molecule has 0 saturated carbocycles. The number of alkyl halides is 5. The van der Waals surface area contributed by atoms with Crippen LogP contribution in [0.15, 0.2) is 12.1 Å². The van der Waals surface area contributed by atoms with Crippen LogP contribution in [-0.4, -0.2) is 13.0 Å². The highest BCUT2D eigenvalue weighted by Crippen LogP contribution is 2.32. The standard InChI is InChI=1S/C8H3F7O2/c9-3-1-4(16-7(11)12)6(10)5(2-3)17-8(13,14)15/h1-2,7H. The number of ether oxygens (including phenoxy) is 2. The highest BCUT2D eigenvalue weighted by Gasteiger charge is 2.33. The monoisotopic (exact) mass is 264 g/mol. The molecule has 0 atom stereocenters. The van der Waals surface area contributed by atoms with Crippen molar-refractivity contribution in [1.82, 2.24) is 0 Å². The van der Waals surface area contributed by atoms with Crippen LogP contribution in [0.5, 0.6) is 11.5 Å². The van der Waals surface area contributed by atoms with E-state index in [-0.39, 0.29) is 12.1 Å². The zero-order valence-corrected chi connectivity index (χ0v) is 7.69. The fourth-order valence-corrected chi connectivity index (χ4v) is 0.921. The maximum absolute atomic E-state index is 13.1. The van der Waals surface area contributed by atoms with Gasteiger partial charge in [-0.05, 0) is 0 Å². The lowest BCUT2D eigenvalue weighted by Gasteiger charge is -2.12. The average molecular weight is 264 g/mol. The summed E-state index contributed by atoms with van der Waals surface area (Å²) in [7, 11) is 0. The molecule has 0 bridgehead atoms. The zero-order valence-electron chi connectivity index (χ0n) is 7.69. The summed E-state index contributed by atoms with van der Waals surface area (Å²) in [5.74, 6) is -6.25. The molecule has 0 radical (unpaired) electrons. The Labute approximate surface area is 89.5 Å². The Hall–Kier alpha value is -1.67. The fourth-order valence-electron chi connectivity index (χ4n) is 0.921. The summed E-state index contributed by atoms with van der Waals surface area (Å²) in [5, 5.41) is 0. The predicted octanol–water partition coefficient (Wildman–Crippen LogP) is 3.46. The van der Waals surface area contributed by atoms with E-state index in [1.54, 1.807) is 0 Å². The molecule has 9 heteroatoms. The Kier molecular flexibility index (Phi) is 3.69. The number of hydrogen-bond acceptors (Lipinski definition) is 2. The molecule has 96 valence electrons. The molecule has 0 aliphatic heterocycles. The van der Waals surface area contributed by atoms with Crippen molar-refractivity contribution >= 4 is 0 Å². The lowest BCUT2D eigenvalue weighted by Crippen LogP contribution is -2.18. The van der Waals surface area contributed by atoms with Crippen LogP contribution < -0.4 is 9.47 Å². The molecule has 0 fully saturated rings. The second kappa shape index (κ2) is 4.68. The maximum Gasteiger partial charge on any atom is 0.573 e. The Morgan fingerprint density at radius 3 is 2.00 bits per heavy atom. The lowest BCUT2D eigenvalue weighted by atomic mass is 10.3. The molecule has 0 spiro atoms. The molecule has 0 N–H and O–H groups in total. The molecular formula is C8H3F7O2. The summed E-state index contributed by atoms with van der Waals surface area (Å²) >= 11 is 0. The van der Waals surface area contributed by atoms with Crippen LogP contribution in [-0.2, 0) is 0 Å². The van der Waals surface area contributed by atoms with Crippen LogP contribution in [0.4, 0.5) is 30.7 Å². The molecule has 2 nitrogen and oxygen atoms in total. The van der Waals surface area contributed by atoms with Gasteiger partial charge in [0.15, 0.2) is 11.5 Å². The van der Waals surface area contributed by atoms with Crippen molar-refractivity contribution in [3.63, 3.8) is 0 Å². The summed E-state index contributed by atoms with van der Waals surface area (Å²) in [4.78, 5) is 0. The lowest BCUT2D eigenvalue weighted by molar-refractivity contribution is -0.275. The smallest absolute Gasteiger partial charge is 0.431 e. The van der Waals surface area contributed by atoms with Crippen molar-refractivity contribution in [3.05, 3.63) is 23.8 Å². The molecule has 0 aliphatic carbocycles. The van der Waals surface area contributed by atoms with Gasteiger partial charge in [0, 0.05) is 12.1 Å². The summed E-state index contributed by atoms with van der Waals surface area (Å²) in [6, 6.07) is 0.228. The van der Waals surface area contributed by atoms with Crippen molar-refractivity contribution in [2.45, 2.75) is 13.0 Å². The average Bonchev–Trinajstić information content (AvgIpc) is 2.09. The summed E-state index contributed by atoms with van der Waals surface area (Å²) in [6.45, 7) is -3.51. The molecular weight excluding hydrogens is 261 g/mol. The number of halogens is 7. The van der Waals surface area contributed by atoms with Crippen LogP contribution in [0.3, 0.4) is 0 Å². The van der Waals surface area contributed by atoms with Crippen LogP contribution in [0.25, 0.3) is 0 Å². The molecule has 1 aromatic carbocycles. The largest absolute Gasteiger partial charge is 0.573 e. The van der Waals surface area contributed by atoms with Gasteiger partial charge in [-0.2, -0.15) is 13.2 Å². The number of hydrogen-bond donors (Lipinski definition) is 0. The van der Waals surface area contributed by atoms with Crippen LogP contribution >= 0.6 is 0 Å². The van der Waals surface area contributed by atoms with Crippen LogP contribution in [0.1, 0.15) is 0 Å². The van der Waals surface area contributed by atoms with Crippen molar-refractivity contribution in [2.75, 3.05) is 0 Å². The zero-order chi connectivity index (χ0) is 13.2. The van der Waals surface area contributed by atoms with Gasteiger partial charge >= 0.3 is 13.0 Å². The molecule has 17 heavy (non-hydrogen) atoms. The van der Waals surface area contributed by atoms with E-state index in [2.05, 4.69) is 9.47 Å². The Balaban J connectivity index is 3.10. The minimum atomic E-state index is -5.28. The van der Waals surface area contributed by atoms with E-state index < -0.39 is 36.1 Å². The van der Waals surface area contributed by atoms with Gasteiger partial charge in [0.2, 0.25) is 5.82 Å². The predicted molar refractivity (Wildman–Crippen MR) is 39.7 cm³/mol. The van der Waals surface area contributed by atoms with E-state index in [1.165, 1.54) is 0 Å². The quantitative estimate of drug-likeness (QED) is 0.778. The van der Waals surface area contributed by atoms with Gasteiger partial charge < -0.3 is 9.47 Å². The summed E-state index contributed by atoms with van der Waals surface area (Å²) in [5.41, 5.74) is 0. The Bertz CT molecular complexity index is 402. The highest BCUT2D eigenvalue weighted by atomic mass is 19.4. The van der Waals surface area contributed by atoms with Gasteiger partial charge in [-0.25, -0.2) is 4.39 Å². The molecule has 1 aromatic rings. The molecule has 0 aliphatic rings. The number of rotatable bonds is 3. The first kappa shape index (κ1) is 13.4. The fraction of sp³-hybridized carbons (Fsp3) is 0.250. The normalized spacial score (nSPS) is 11.8. The molecule has 0 heterocycles. The first-order valence-electron chi connectivity index (χ1n) is 3.88. The second-order valence-electron chi connectivity index (χ2n) is 2.64. The third-order valence-corrected chi connectivity index (χ3v) is 1.41. The highest BCUT2D eigenvalue weighted by molar-refractivity contribution is 5.36. The van der Waals surface area contributed by atoms with E-state index in [4.69, 9.17) is 0 Å². The molecule has 0 unspecified atom stereocenters. The van der Waals surface area contributed by atoms with E-state index in [1.807, 2.05) is 0 Å². The van der Waals surface area contributed by atoms with E-state index in [9.17, 15) is 30.7 Å². The first-order valence-corrected chi connectivity index (χ1v) is 3.88. The van der Waals surface area contributed by atoms with Crippen molar-refractivity contribution in [2.24, 2.45) is 0 Å². The maximum atomic E-state index is 13.1. The van der Waals surface area contributed by atoms with E-state index in [0.29, 0.717) is 0 Å². The van der Waals surface area contributed by atoms with Gasteiger partial charge in [0.25, 0.3) is 0 Å². The first-order chi connectivity index (χ1) is 7.69. The topological polar surface area (TPSA) is 18.5 Å². The van der Waals surface area contributed by atoms with Gasteiger partial charge in [-0.15, -0.1) is 13.2 Å². The van der Waals surface area contributed by atoms with Gasteiger partial charge in [-0.3, -0.25) is 0 Å². The van der Waals surface area contributed by atoms with Crippen LogP contribution in [0.2, 0.25) is 0 Å². The SMILES string of the molecule is Fc1cc(OC(F)F)c(F)c(OC(F)(F)F)c1. The third kappa shape index (κ3) is 4.00. The van der Waals surface area contributed by atoms with Gasteiger partial charge in [0.1, 0.15) is 5.82 Å². The molecule has 0 saturated heterocycles. The molecule has 1 rings (SSSR count). The summed E-state index contributed by atoms with van der Waals surface area (Å²) in [6.07, 6.45) is -5.28. The van der Waals surface area contributed by atoms with Crippen LogP contribution in [0, 0.1) is 11.6 Å². The van der Waals surface area contributed by atoms with E-state index >= 15 is 0 Å². The van der Waals surface area contributed by atoms with Gasteiger partial charge in [-0.1, -0.05) is 0 Å². The Morgan fingerprint density at radius 1 is 1.00 bits per heavy atom. The van der Waals surface area contributed by atoms with Gasteiger partial charge in [0.05, 0.1) is 0 Å².